The van der Waals surface area contributed by atoms with E-state index >= 15 is 0 Å². The number of β-amino-alcohol motifs (C(OH)–C–C–N with tert-alkyl or cyclic N) is 1. The van der Waals surface area contributed by atoms with E-state index in [2.05, 4.69) is 5.32 Å². The van der Waals surface area contributed by atoms with Gasteiger partial charge >= 0.3 is 0 Å². The largest absolute Gasteiger partial charge is 0.387 e. The molecule has 2 N–H and O–H groups in total. The fraction of sp³-hybridized carbons (Fsp3) is 0.500. The molecule has 0 saturated carbocycles. The third-order valence-electron chi connectivity index (χ3n) is 3.67. The Kier molecular flexibility index (Phi) is 4.75. The highest BCUT2D eigenvalue weighted by molar-refractivity contribution is 5.97. The van der Waals surface area contributed by atoms with Crippen LogP contribution in [0, 0.1) is 0 Å². The van der Waals surface area contributed by atoms with Gasteiger partial charge in [-0.3, -0.25) is 14.5 Å². The number of amides is 1. The molecule has 0 unspecified atom stereocenters. The van der Waals surface area contributed by atoms with Crippen LogP contribution in [0.25, 0.3) is 0 Å². The van der Waals surface area contributed by atoms with Crippen molar-refractivity contribution >= 4 is 17.4 Å². The van der Waals surface area contributed by atoms with E-state index in [1.807, 2.05) is 11.8 Å². The molecule has 0 spiro atoms. The van der Waals surface area contributed by atoms with Gasteiger partial charge in [-0.15, -0.1) is 0 Å². The zero-order valence-corrected chi connectivity index (χ0v) is 12.6. The minimum absolute atomic E-state index is 0.0292. The molecular formula is C16H22N2O3. The summed E-state index contributed by atoms with van der Waals surface area (Å²) in [5.41, 5.74) is 0.579. The molecule has 5 heteroatoms. The van der Waals surface area contributed by atoms with Crippen molar-refractivity contribution in [3.63, 3.8) is 0 Å². The number of carbonyl (C=O) groups is 2. The zero-order valence-electron chi connectivity index (χ0n) is 12.6. The fourth-order valence-electron chi connectivity index (χ4n) is 2.74. The second-order valence-corrected chi connectivity index (χ2v) is 5.80. The molecule has 1 saturated heterocycles. The van der Waals surface area contributed by atoms with Crippen LogP contribution in [0.4, 0.5) is 5.69 Å². The first-order valence-corrected chi connectivity index (χ1v) is 7.27. The molecule has 1 heterocycles. The maximum atomic E-state index is 11.9. The van der Waals surface area contributed by atoms with E-state index in [1.165, 1.54) is 6.92 Å². The normalized spacial score (nSPS) is 17.1. The summed E-state index contributed by atoms with van der Waals surface area (Å²) in [6.45, 7) is 4.88. The molecule has 2 rings (SSSR count). The van der Waals surface area contributed by atoms with E-state index in [9.17, 15) is 14.7 Å². The van der Waals surface area contributed by atoms with E-state index < -0.39 is 5.60 Å². The Morgan fingerprint density at radius 1 is 1.38 bits per heavy atom. The molecule has 1 aliphatic rings. The van der Waals surface area contributed by atoms with Gasteiger partial charge in [-0.2, -0.15) is 0 Å². The lowest BCUT2D eigenvalue weighted by atomic mass is 9.89. The molecule has 1 fully saturated rings. The SMILES string of the molecule is CCCC1(O)CN(CC(=O)Nc2cccc(C(C)=O)c2)C1. The molecule has 5 nitrogen and oxygen atoms in total. The second-order valence-electron chi connectivity index (χ2n) is 5.80. The van der Waals surface area contributed by atoms with Crippen LogP contribution in [0.5, 0.6) is 0 Å². The van der Waals surface area contributed by atoms with Crippen LogP contribution in [0.3, 0.4) is 0 Å². The number of ketones is 1. The van der Waals surface area contributed by atoms with Crippen LogP contribution >= 0.6 is 0 Å². The van der Waals surface area contributed by atoms with Gasteiger partial charge in [-0.1, -0.05) is 25.5 Å². The number of benzene rings is 1. The first-order valence-electron chi connectivity index (χ1n) is 7.27. The highest BCUT2D eigenvalue weighted by Crippen LogP contribution is 2.25. The Morgan fingerprint density at radius 3 is 2.71 bits per heavy atom. The van der Waals surface area contributed by atoms with Gasteiger partial charge in [0, 0.05) is 24.3 Å². The maximum absolute atomic E-state index is 11.9. The maximum Gasteiger partial charge on any atom is 0.238 e. The smallest absolute Gasteiger partial charge is 0.238 e. The first-order chi connectivity index (χ1) is 9.92. The molecule has 0 aromatic heterocycles. The van der Waals surface area contributed by atoms with E-state index in [0.29, 0.717) is 24.3 Å². The molecule has 0 atom stereocenters. The van der Waals surface area contributed by atoms with Gasteiger partial charge in [-0.05, 0) is 25.5 Å². The van der Waals surface area contributed by atoms with Gasteiger partial charge in [0.15, 0.2) is 5.78 Å². The molecule has 1 aromatic rings. The van der Waals surface area contributed by atoms with Crippen LogP contribution in [0.2, 0.25) is 0 Å². The quantitative estimate of drug-likeness (QED) is 0.782. The van der Waals surface area contributed by atoms with E-state index in [4.69, 9.17) is 0 Å². The van der Waals surface area contributed by atoms with Crippen molar-refractivity contribution in [2.24, 2.45) is 0 Å². The number of carbonyl (C=O) groups excluding carboxylic acids is 2. The number of likely N-dealkylation sites (tertiary alicyclic amines) is 1. The molecule has 0 bridgehead atoms. The molecule has 21 heavy (non-hydrogen) atoms. The van der Waals surface area contributed by atoms with Gasteiger partial charge in [-0.25, -0.2) is 0 Å². The van der Waals surface area contributed by atoms with Crippen LogP contribution < -0.4 is 5.32 Å². The molecule has 1 aromatic carbocycles. The number of rotatable bonds is 6. The highest BCUT2D eigenvalue weighted by atomic mass is 16.3. The molecule has 0 radical (unpaired) electrons. The fourth-order valence-corrected chi connectivity index (χ4v) is 2.74. The monoisotopic (exact) mass is 290 g/mol. The molecule has 0 aliphatic carbocycles. The number of hydrogen-bond acceptors (Lipinski definition) is 4. The number of aliphatic hydroxyl groups is 1. The van der Waals surface area contributed by atoms with Crippen LogP contribution in [-0.2, 0) is 4.79 Å². The first kappa shape index (κ1) is 15.7. The average molecular weight is 290 g/mol. The molecular weight excluding hydrogens is 268 g/mol. The van der Waals surface area contributed by atoms with Crippen molar-refractivity contribution in [3.05, 3.63) is 29.8 Å². The van der Waals surface area contributed by atoms with Gasteiger partial charge < -0.3 is 10.4 Å². The summed E-state index contributed by atoms with van der Waals surface area (Å²) in [6.07, 6.45) is 1.71. The Hall–Kier alpha value is -1.72. The van der Waals surface area contributed by atoms with Gasteiger partial charge in [0.1, 0.15) is 0 Å². The third-order valence-corrected chi connectivity index (χ3v) is 3.67. The predicted molar refractivity (Wildman–Crippen MR) is 81.4 cm³/mol. The van der Waals surface area contributed by atoms with Crippen molar-refractivity contribution in [2.45, 2.75) is 32.3 Å². The van der Waals surface area contributed by atoms with E-state index in [-0.39, 0.29) is 18.2 Å². The summed E-state index contributed by atoms with van der Waals surface area (Å²) in [5, 5.41) is 12.9. The van der Waals surface area contributed by atoms with Crippen molar-refractivity contribution in [1.29, 1.82) is 0 Å². The molecule has 1 amide bonds. The van der Waals surface area contributed by atoms with Crippen LogP contribution in [0.1, 0.15) is 37.0 Å². The topological polar surface area (TPSA) is 69.6 Å². The molecule has 1 aliphatic heterocycles. The number of Topliss-reactive ketones (excluding diaryl/α,β-unsaturated/α-hetero) is 1. The number of nitrogens with one attached hydrogen (secondary N) is 1. The summed E-state index contributed by atoms with van der Waals surface area (Å²) in [4.78, 5) is 25.2. The van der Waals surface area contributed by atoms with Crippen molar-refractivity contribution in [3.8, 4) is 0 Å². The van der Waals surface area contributed by atoms with Crippen molar-refractivity contribution in [1.82, 2.24) is 4.90 Å². The van der Waals surface area contributed by atoms with Crippen LogP contribution in [-0.4, -0.2) is 46.9 Å². The standard InChI is InChI=1S/C16H22N2O3/c1-3-7-16(21)10-18(11-16)9-15(20)17-14-6-4-5-13(8-14)12(2)19/h4-6,8,21H,3,7,9-11H2,1-2H3,(H,17,20). The predicted octanol–water partition coefficient (Wildman–Crippen LogP) is 1.67. The summed E-state index contributed by atoms with van der Waals surface area (Å²) in [5.74, 6) is -0.160. The Balaban J connectivity index is 1.83. The van der Waals surface area contributed by atoms with Crippen molar-refractivity contribution < 1.29 is 14.7 Å². The van der Waals surface area contributed by atoms with Crippen LogP contribution in [0.15, 0.2) is 24.3 Å². The average Bonchev–Trinajstić information content (AvgIpc) is 2.37. The Labute approximate surface area is 125 Å². The molecule has 114 valence electrons. The Morgan fingerprint density at radius 2 is 2.10 bits per heavy atom. The Bertz CT molecular complexity index is 536. The van der Waals surface area contributed by atoms with E-state index in [1.54, 1.807) is 24.3 Å². The minimum Gasteiger partial charge on any atom is -0.387 e. The summed E-state index contributed by atoms with van der Waals surface area (Å²) >= 11 is 0. The third kappa shape index (κ3) is 4.12. The number of nitrogens with zero attached hydrogens (tertiary/aromatic N) is 1. The zero-order chi connectivity index (χ0) is 15.5. The number of hydrogen-bond donors (Lipinski definition) is 2. The van der Waals surface area contributed by atoms with Gasteiger partial charge in [0.2, 0.25) is 5.91 Å². The van der Waals surface area contributed by atoms with Gasteiger partial charge in [0.05, 0.1) is 12.1 Å². The summed E-state index contributed by atoms with van der Waals surface area (Å²) in [7, 11) is 0. The lowest BCUT2D eigenvalue weighted by Gasteiger charge is -2.46. The van der Waals surface area contributed by atoms with Gasteiger partial charge in [0.25, 0.3) is 0 Å². The minimum atomic E-state index is -0.621. The van der Waals surface area contributed by atoms with Crippen molar-refractivity contribution in [2.75, 3.05) is 25.0 Å². The summed E-state index contributed by atoms with van der Waals surface area (Å²) < 4.78 is 0. The lowest BCUT2D eigenvalue weighted by molar-refractivity contribution is -0.129. The number of anilines is 1. The highest BCUT2D eigenvalue weighted by Gasteiger charge is 2.40. The lowest BCUT2D eigenvalue weighted by Crippen LogP contribution is -2.62. The summed E-state index contributed by atoms with van der Waals surface area (Å²) in [6, 6.07) is 6.89. The van der Waals surface area contributed by atoms with E-state index in [0.717, 1.165) is 12.8 Å². The second kappa shape index (κ2) is 6.37.